The average molecular weight is 224 g/mol. The SMILES string of the molecule is CCCCc1cc(N(C)C)c(SC)cn1. The van der Waals surface area contributed by atoms with Crippen LogP contribution in [0, 0.1) is 0 Å². The van der Waals surface area contributed by atoms with Gasteiger partial charge in [-0.05, 0) is 25.2 Å². The normalized spacial score (nSPS) is 10.4. The Bertz CT molecular complexity index is 310. The second kappa shape index (κ2) is 6.01. The second-order valence-corrected chi connectivity index (χ2v) is 4.69. The summed E-state index contributed by atoms with van der Waals surface area (Å²) in [6.07, 6.45) is 7.62. The quantitative estimate of drug-likeness (QED) is 0.714. The number of hydrogen-bond acceptors (Lipinski definition) is 3. The maximum atomic E-state index is 4.48. The van der Waals surface area contributed by atoms with Crippen molar-refractivity contribution in [3.8, 4) is 0 Å². The molecule has 0 amide bonds. The van der Waals surface area contributed by atoms with Crippen LogP contribution >= 0.6 is 11.8 Å². The van der Waals surface area contributed by atoms with Crippen molar-refractivity contribution < 1.29 is 0 Å². The van der Waals surface area contributed by atoms with Gasteiger partial charge in [-0.15, -0.1) is 11.8 Å². The minimum absolute atomic E-state index is 1.09. The van der Waals surface area contributed by atoms with Crippen molar-refractivity contribution in [2.24, 2.45) is 0 Å². The molecule has 0 saturated heterocycles. The molecule has 0 fully saturated rings. The number of thioether (sulfide) groups is 1. The number of anilines is 1. The first-order valence-electron chi connectivity index (χ1n) is 5.39. The topological polar surface area (TPSA) is 16.1 Å². The molecule has 3 heteroatoms. The lowest BCUT2D eigenvalue weighted by molar-refractivity contribution is 0.774. The zero-order valence-electron chi connectivity index (χ0n) is 10.1. The van der Waals surface area contributed by atoms with Gasteiger partial charge in [-0.2, -0.15) is 0 Å². The van der Waals surface area contributed by atoms with Crippen molar-refractivity contribution >= 4 is 17.4 Å². The third-order valence-corrected chi connectivity index (χ3v) is 3.15. The Morgan fingerprint density at radius 1 is 1.40 bits per heavy atom. The molecule has 1 aromatic heterocycles. The smallest absolute Gasteiger partial charge is 0.0533 e. The summed E-state index contributed by atoms with van der Waals surface area (Å²) in [4.78, 5) is 7.89. The Balaban J connectivity index is 2.89. The van der Waals surface area contributed by atoms with E-state index in [1.807, 2.05) is 6.20 Å². The van der Waals surface area contributed by atoms with Crippen molar-refractivity contribution in [3.63, 3.8) is 0 Å². The highest BCUT2D eigenvalue weighted by molar-refractivity contribution is 7.98. The molecule has 0 aliphatic carbocycles. The number of rotatable bonds is 5. The van der Waals surface area contributed by atoms with Gasteiger partial charge in [0.2, 0.25) is 0 Å². The maximum absolute atomic E-state index is 4.48. The van der Waals surface area contributed by atoms with Gasteiger partial charge in [-0.1, -0.05) is 13.3 Å². The third kappa shape index (κ3) is 3.42. The summed E-state index contributed by atoms with van der Waals surface area (Å²) < 4.78 is 0. The van der Waals surface area contributed by atoms with Gasteiger partial charge in [0.25, 0.3) is 0 Å². The monoisotopic (exact) mass is 224 g/mol. The fraction of sp³-hybridized carbons (Fsp3) is 0.583. The standard InChI is InChI=1S/C12H20N2S/c1-5-6-7-10-8-11(14(2)3)12(15-4)9-13-10/h8-9H,5-7H2,1-4H3. The summed E-state index contributed by atoms with van der Waals surface area (Å²) in [5.74, 6) is 0. The Labute approximate surface area is 97.1 Å². The largest absolute Gasteiger partial charge is 0.377 e. The molecule has 0 saturated carbocycles. The molecule has 1 rings (SSSR count). The van der Waals surface area contributed by atoms with Crippen LogP contribution in [0.5, 0.6) is 0 Å². The van der Waals surface area contributed by atoms with Gasteiger partial charge in [-0.25, -0.2) is 0 Å². The molecule has 0 aromatic carbocycles. The molecule has 0 bridgehead atoms. The molecule has 0 atom stereocenters. The zero-order chi connectivity index (χ0) is 11.3. The van der Waals surface area contributed by atoms with Crippen LogP contribution in [-0.4, -0.2) is 25.3 Å². The molecular weight excluding hydrogens is 204 g/mol. The minimum Gasteiger partial charge on any atom is -0.377 e. The number of nitrogens with zero attached hydrogens (tertiary/aromatic N) is 2. The molecular formula is C12H20N2S. The van der Waals surface area contributed by atoms with Gasteiger partial charge >= 0.3 is 0 Å². The fourth-order valence-corrected chi connectivity index (χ4v) is 2.08. The van der Waals surface area contributed by atoms with E-state index in [1.54, 1.807) is 11.8 Å². The number of aryl methyl sites for hydroxylation is 1. The van der Waals surface area contributed by atoms with Gasteiger partial charge in [0.15, 0.2) is 0 Å². The van der Waals surface area contributed by atoms with Gasteiger partial charge < -0.3 is 4.90 Å². The highest BCUT2D eigenvalue weighted by Crippen LogP contribution is 2.27. The van der Waals surface area contributed by atoms with E-state index in [0.717, 1.165) is 6.42 Å². The average Bonchev–Trinajstić information content (AvgIpc) is 2.25. The van der Waals surface area contributed by atoms with Gasteiger partial charge in [0, 0.05) is 30.9 Å². The lowest BCUT2D eigenvalue weighted by Gasteiger charge is -2.17. The summed E-state index contributed by atoms with van der Waals surface area (Å²) in [7, 11) is 4.16. The van der Waals surface area contributed by atoms with Crippen molar-refractivity contribution in [1.82, 2.24) is 4.98 Å². The third-order valence-electron chi connectivity index (χ3n) is 2.39. The van der Waals surface area contributed by atoms with Crippen molar-refractivity contribution in [2.75, 3.05) is 25.3 Å². The molecule has 2 nitrogen and oxygen atoms in total. The Morgan fingerprint density at radius 2 is 2.13 bits per heavy atom. The van der Waals surface area contributed by atoms with Crippen LogP contribution in [-0.2, 0) is 6.42 Å². The minimum atomic E-state index is 1.09. The van der Waals surface area contributed by atoms with Gasteiger partial charge in [0.05, 0.1) is 5.69 Å². The van der Waals surface area contributed by atoms with Crippen LogP contribution in [0.3, 0.4) is 0 Å². The van der Waals surface area contributed by atoms with Crippen LogP contribution in [0.4, 0.5) is 5.69 Å². The summed E-state index contributed by atoms with van der Waals surface area (Å²) in [5.41, 5.74) is 2.49. The highest BCUT2D eigenvalue weighted by Gasteiger charge is 2.05. The molecule has 0 unspecified atom stereocenters. The molecule has 84 valence electrons. The van der Waals surface area contributed by atoms with Crippen LogP contribution in [0.25, 0.3) is 0 Å². The van der Waals surface area contributed by atoms with E-state index in [0.29, 0.717) is 0 Å². The van der Waals surface area contributed by atoms with E-state index in [9.17, 15) is 0 Å². The molecule has 0 radical (unpaired) electrons. The van der Waals surface area contributed by atoms with Crippen molar-refractivity contribution in [1.29, 1.82) is 0 Å². The zero-order valence-corrected chi connectivity index (χ0v) is 10.9. The molecule has 0 aliphatic rings. The van der Waals surface area contributed by atoms with E-state index >= 15 is 0 Å². The first-order valence-corrected chi connectivity index (χ1v) is 6.61. The number of aromatic nitrogens is 1. The first kappa shape index (κ1) is 12.4. The second-order valence-electron chi connectivity index (χ2n) is 3.85. The van der Waals surface area contributed by atoms with E-state index in [1.165, 1.54) is 29.1 Å². The number of pyridine rings is 1. The Kier molecular flexibility index (Phi) is 4.95. The first-order chi connectivity index (χ1) is 7.19. The van der Waals surface area contributed by atoms with Crippen molar-refractivity contribution in [2.45, 2.75) is 31.1 Å². The molecule has 0 aliphatic heterocycles. The summed E-state index contributed by atoms with van der Waals surface area (Å²) in [6.45, 7) is 2.21. The number of unbranched alkanes of at least 4 members (excludes halogenated alkanes) is 1. The number of hydrogen-bond donors (Lipinski definition) is 0. The maximum Gasteiger partial charge on any atom is 0.0533 e. The van der Waals surface area contributed by atoms with Gasteiger partial charge in [-0.3, -0.25) is 4.98 Å². The van der Waals surface area contributed by atoms with Crippen LogP contribution in [0.15, 0.2) is 17.2 Å². The van der Waals surface area contributed by atoms with E-state index in [4.69, 9.17) is 0 Å². The Morgan fingerprint density at radius 3 is 2.67 bits per heavy atom. The Hall–Kier alpha value is -0.700. The molecule has 1 heterocycles. The van der Waals surface area contributed by atoms with Crippen LogP contribution in [0.1, 0.15) is 25.5 Å². The molecule has 0 spiro atoms. The molecule has 0 N–H and O–H groups in total. The van der Waals surface area contributed by atoms with E-state index in [-0.39, 0.29) is 0 Å². The highest BCUT2D eigenvalue weighted by atomic mass is 32.2. The van der Waals surface area contributed by atoms with E-state index in [2.05, 4.69) is 43.2 Å². The van der Waals surface area contributed by atoms with Gasteiger partial charge in [0.1, 0.15) is 0 Å². The summed E-state index contributed by atoms with van der Waals surface area (Å²) >= 11 is 1.75. The molecule has 1 aromatic rings. The van der Waals surface area contributed by atoms with Crippen LogP contribution < -0.4 is 4.90 Å². The van der Waals surface area contributed by atoms with Crippen LogP contribution in [0.2, 0.25) is 0 Å². The van der Waals surface area contributed by atoms with E-state index < -0.39 is 0 Å². The fourth-order valence-electron chi connectivity index (χ4n) is 1.48. The summed E-state index contributed by atoms with van der Waals surface area (Å²) in [5, 5.41) is 0. The molecule has 15 heavy (non-hydrogen) atoms. The lowest BCUT2D eigenvalue weighted by Crippen LogP contribution is -2.10. The predicted molar refractivity (Wildman–Crippen MR) is 69.0 cm³/mol. The summed E-state index contributed by atoms with van der Waals surface area (Å²) in [6, 6.07) is 2.21. The lowest BCUT2D eigenvalue weighted by atomic mass is 10.2. The van der Waals surface area contributed by atoms with Crippen molar-refractivity contribution in [3.05, 3.63) is 18.0 Å². The predicted octanol–water partition coefficient (Wildman–Crippen LogP) is 3.21.